The number of ketones is 1. The number of carbonyl (C=O) groups excluding carboxylic acids is 2. The second-order valence-corrected chi connectivity index (χ2v) is 2.08. The van der Waals surface area contributed by atoms with Gasteiger partial charge in [0, 0.05) is 0 Å². The summed E-state index contributed by atoms with van der Waals surface area (Å²) >= 11 is 0. The van der Waals surface area contributed by atoms with Crippen molar-refractivity contribution in [2.75, 3.05) is 7.11 Å². The quantitative estimate of drug-likeness (QED) is 0.581. The van der Waals surface area contributed by atoms with E-state index in [1.807, 2.05) is 0 Å². The minimum atomic E-state index is -0.813. The lowest BCUT2D eigenvalue weighted by Gasteiger charge is -2.10. The number of methoxy groups -OCH3 is 1. The van der Waals surface area contributed by atoms with E-state index in [9.17, 15) is 9.59 Å². The van der Waals surface area contributed by atoms with Crippen LogP contribution < -0.4 is 0 Å². The Morgan fingerprint density at radius 2 is 2.00 bits per heavy atom. The predicted molar refractivity (Wildman–Crippen MR) is 38.2 cm³/mol. The first-order valence-electron chi connectivity index (χ1n) is 3.36. The fourth-order valence-corrected chi connectivity index (χ4v) is 0.618. The SMILES string of the molecule is CCC(OC(=O)OC)C(C)=O. The number of Topliss-reactive ketones (excluding diaryl/α,β-unsaturated/α-hetero) is 1. The van der Waals surface area contributed by atoms with Gasteiger partial charge in [-0.2, -0.15) is 0 Å². The third kappa shape index (κ3) is 3.60. The summed E-state index contributed by atoms with van der Waals surface area (Å²) in [5.41, 5.74) is 0. The van der Waals surface area contributed by atoms with Crippen molar-refractivity contribution < 1.29 is 19.1 Å². The molecule has 0 fully saturated rings. The molecule has 0 heterocycles. The van der Waals surface area contributed by atoms with E-state index in [2.05, 4.69) is 9.47 Å². The number of rotatable bonds is 3. The first-order chi connectivity index (χ1) is 5.11. The molecule has 0 spiro atoms. The molecule has 1 unspecified atom stereocenters. The molecule has 0 rings (SSSR count). The lowest BCUT2D eigenvalue weighted by atomic mass is 10.2. The topological polar surface area (TPSA) is 52.6 Å². The van der Waals surface area contributed by atoms with Gasteiger partial charge in [0.2, 0.25) is 0 Å². The summed E-state index contributed by atoms with van der Waals surface area (Å²) in [5, 5.41) is 0. The van der Waals surface area contributed by atoms with Gasteiger partial charge in [0.15, 0.2) is 11.9 Å². The number of hydrogen-bond donors (Lipinski definition) is 0. The molecule has 0 aliphatic heterocycles. The maximum atomic E-state index is 10.7. The Kier molecular flexibility index (Phi) is 4.26. The smallest absolute Gasteiger partial charge is 0.438 e. The van der Waals surface area contributed by atoms with E-state index in [0.29, 0.717) is 6.42 Å². The Hall–Kier alpha value is -1.06. The predicted octanol–water partition coefficient (Wildman–Crippen LogP) is 1.14. The van der Waals surface area contributed by atoms with Crippen LogP contribution in [0.4, 0.5) is 4.79 Å². The molecule has 11 heavy (non-hydrogen) atoms. The molecule has 0 amide bonds. The Bertz CT molecular complexity index is 153. The molecule has 0 aromatic carbocycles. The summed E-state index contributed by atoms with van der Waals surface area (Å²) < 4.78 is 8.82. The van der Waals surface area contributed by atoms with Crippen LogP contribution in [0.5, 0.6) is 0 Å². The van der Waals surface area contributed by atoms with Gasteiger partial charge >= 0.3 is 6.16 Å². The molecule has 0 N–H and O–H groups in total. The van der Waals surface area contributed by atoms with Gasteiger partial charge in [-0.1, -0.05) is 6.92 Å². The van der Waals surface area contributed by atoms with Crippen molar-refractivity contribution in [1.82, 2.24) is 0 Å². The van der Waals surface area contributed by atoms with E-state index in [4.69, 9.17) is 0 Å². The summed E-state index contributed by atoms with van der Waals surface area (Å²) in [4.78, 5) is 21.2. The molecule has 0 aliphatic rings. The molecule has 4 heteroatoms. The molecule has 1 atom stereocenters. The Balaban J connectivity index is 3.88. The molecule has 64 valence electrons. The third-order valence-electron chi connectivity index (χ3n) is 1.23. The summed E-state index contributed by atoms with van der Waals surface area (Å²) in [6, 6.07) is 0. The van der Waals surface area contributed by atoms with Crippen LogP contribution in [0.2, 0.25) is 0 Å². The van der Waals surface area contributed by atoms with Crippen molar-refractivity contribution in [3.63, 3.8) is 0 Å². The number of ether oxygens (including phenoxy) is 2. The molecule has 4 nitrogen and oxygen atoms in total. The second kappa shape index (κ2) is 4.71. The van der Waals surface area contributed by atoms with Gasteiger partial charge in [-0.15, -0.1) is 0 Å². The standard InChI is InChI=1S/C7H12O4/c1-4-6(5(2)8)11-7(9)10-3/h6H,4H2,1-3H3. The van der Waals surface area contributed by atoms with Gasteiger partial charge in [-0.25, -0.2) is 4.79 Å². The average molecular weight is 160 g/mol. The van der Waals surface area contributed by atoms with Crippen LogP contribution in [0.25, 0.3) is 0 Å². The number of carbonyl (C=O) groups is 2. The molecule has 0 bridgehead atoms. The average Bonchev–Trinajstić information content (AvgIpc) is 1.99. The van der Waals surface area contributed by atoms with Gasteiger partial charge in [0.1, 0.15) is 0 Å². The lowest BCUT2D eigenvalue weighted by molar-refractivity contribution is -0.126. The molecule has 0 aromatic heterocycles. The largest absolute Gasteiger partial charge is 0.508 e. The Morgan fingerprint density at radius 1 is 1.45 bits per heavy atom. The first-order valence-corrected chi connectivity index (χ1v) is 3.36. The number of hydrogen-bond acceptors (Lipinski definition) is 4. The third-order valence-corrected chi connectivity index (χ3v) is 1.23. The van der Waals surface area contributed by atoms with Gasteiger partial charge in [-0.3, -0.25) is 4.79 Å². The van der Waals surface area contributed by atoms with E-state index in [1.54, 1.807) is 6.92 Å². The van der Waals surface area contributed by atoms with Crippen molar-refractivity contribution in [3.05, 3.63) is 0 Å². The fraction of sp³-hybridized carbons (Fsp3) is 0.714. The minimum Gasteiger partial charge on any atom is -0.438 e. The van der Waals surface area contributed by atoms with E-state index in [-0.39, 0.29) is 5.78 Å². The summed E-state index contributed by atoms with van der Waals surface area (Å²) in [5.74, 6) is -0.169. The van der Waals surface area contributed by atoms with Crippen LogP contribution >= 0.6 is 0 Å². The summed E-state index contributed by atoms with van der Waals surface area (Å²) in [6.07, 6.45) is -1.00. The van der Waals surface area contributed by atoms with Crippen molar-refractivity contribution in [2.45, 2.75) is 26.4 Å². The highest BCUT2D eigenvalue weighted by molar-refractivity contribution is 5.82. The maximum absolute atomic E-state index is 10.7. The Labute approximate surface area is 65.5 Å². The highest BCUT2D eigenvalue weighted by atomic mass is 16.7. The van der Waals surface area contributed by atoms with Crippen LogP contribution in [-0.4, -0.2) is 25.2 Å². The molecule has 0 saturated heterocycles. The van der Waals surface area contributed by atoms with Crippen LogP contribution in [0, 0.1) is 0 Å². The minimum absolute atomic E-state index is 0.169. The van der Waals surface area contributed by atoms with Crippen LogP contribution in [0.3, 0.4) is 0 Å². The normalized spacial score (nSPS) is 11.9. The Morgan fingerprint density at radius 3 is 2.27 bits per heavy atom. The van der Waals surface area contributed by atoms with Crippen LogP contribution in [0.15, 0.2) is 0 Å². The highest BCUT2D eigenvalue weighted by Gasteiger charge is 2.16. The zero-order chi connectivity index (χ0) is 8.85. The second-order valence-electron chi connectivity index (χ2n) is 2.08. The van der Waals surface area contributed by atoms with Crippen molar-refractivity contribution in [1.29, 1.82) is 0 Å². The zero-order valence-electron chi connectivity index (χ0n) is 6.92. The van der Waals surface area contributed by atoms with Gasteiger partial charge in [0.05, 0.1) is 7.11 Å². The van der Waals surface area contributed by atoms with Gasteiger partial charge in [0.25, 0.3) is 0 Å². The molecular weight excluding hydrogens is 148 g/mol. The molecule has 0 radical (unpaired) electrons. The first kappa shape index (κ1) is 9.94. The molecule has 0 aliphatic carbocycles. The van der Waals surface area contributed by atoms with Crippen molar-refractivity contribution in [3.8, 4) is 0 Å². The van der Waals surface area contributed by atoms with Crippen molar-refractivity contribution >= 4 is 11.9 Å². The van der Waals surface area contributed by atoms with E-state index in [1.165, 1.54) is 14.0 Å². The van der Waals surface area contributed by atoms with Crippen LogP contribution in [0.1, 0.15) is 20.3 Å². The van der Waals surface area contributed by atoms with Gasteiger partial charge < -0.3 is 9.47 Å². The molecular formula is C7H12O4. The van der Waals surface area contributed by atoms with Crippen LogP contribution in [-0.2, 0) is 14.3 Å². The summed E-state index contributed by atoms with van der Waals surface area (Å²) in [7, 11) is 1.20. The monoisotopic (exact) mass is 160 g/mol. The zero-order valence-corrected chi connectivity index (χ0v) is 6.92. The fourth-order valence-electron chi connectivity index (χ4n) is 0.618. The van der Waals surface area contributed by atoms with Gasteiger partial charge in [-0.05, 0) is 13.3 Å². The molecule has 0 saturated carbocycles. The summed E-state index contributed by atoms with van der Waals surface area (Å²) in [6.45, 7) is 3.13. The highest BCUT2D eigenvalue weighted by Crippen LogP contribution is 2.00. The molecule has 0 aromatic rings. The van der Waals surface area contributed by atoms with E-state index >= 15 is 0 Å². The lowest BCUT2D eigenvalue weighted by Crippen LogP contribution is -2.24. The maximum Gasteiger partial charge on any atom is 0.508 e. The van der Waals surface area contributed by atoms with Crippen molar-refractivity contribution in [2.24, 2.45) is 0 Å². The van der Waals surface area contributed by atoms with E-state index < -0.39 is 12.3 Å². The van der Waals surface area contributed by atoms with E-state index in [0.717, 1.165) is 0 Å².